The highest BCUT2D eigenvalue weighted by atomic mass is 16.5. The maximum Gasteiger partial charge on any atom is 0.246 e. The second kappa shape index (κ2) is 6.74. The number of rotatable bonds is 3. The van der Waals surface area contributed by atoms with E-state index in [0.717, 1.165) is 35.5 Å². The van der Waals surface area contributed by atoms with Gasteiger partial charge < -0.3 is 14.3 Å². The molecule has 7 nitrogen and oxygen atoms in total. The minimum Gasteiger partial charge on any atom is -0.356 e. The van der Waals surface area contributed by atoms with Gasteiger partial charge in [-0.3, -0.25) is 4.79 Å². The van der Waals surface area contributed by atoms with Crippen LogP contribution in [0, 0.1) is 0 Å². The van der Waals surface area contributed by atoms with E-state index < -0.39 is 0 Å². The molecule has 0 unspecified atom stereocenters. The summed E-state index contributed by atoms with van der Waals surface area (Å²) in [6, 6.07) is 10.2. The molecule has 2 aromatic heterocycles. The fourth-order valence-electron chi connectivity index (χ4n) is 4.12. The summed E-state index contributed by atoms with van der Waals surface area (Å²) in [6.07, 6.45) is 7.97. The minimum absolute atomic E-state index is 0.0747. The molecule has 0 saturated heterocycles. The van der Waals surface area contributed by atoms with Crippen LogP contribution in [0.5, 0.6) is 0 Å². The summed E-state index contributed by atoms with van der Waals surface area (Å²) in [5.41, 5.74) is 2.43. The smallest absolute Gasteiger partial charge is 0.246 e. The van der Waals surface area contributed by atoms with Gasteiger partial charge in [0.25, 0.3) is 0 Å². The van der Waals surface area contributed by atoms with Gasteiger partial charge in [-0.15, -0.1) is 0 Å². The number of likely N-dealkylation sites (N-methyl/N-ethyl adjacent to an activating group) is 1. The van der Waals surface area contributed by atoms with Gasteiger partial charge in [-0.05, 0) is 12.8 Å². The van der Waals surface area contributed by atoms with E-state index in [1.54, 1.807) is 24.3 Å². The predicted octanol–water partition coefficient (Wildman–Crippen LogP) is 3.52. The standard InChI is InChI=1S/C21H21N5O2/c1-25-17-12-22-20(16-11-23-28-19(16)14-7-3-2-4-8-14)24-21(17)26(13-18(25)27)15-9-5-6-10-15/h2-4,7-8,11-12,15H,5-6,9-10,13H2,1H3. The molecule has 0 bridgehead atoms. The lowest BCUT2D eigenvalue weighted by atomic mass is 10.1. The molecule has 1 fully saturated rings. The predicted molar refractivity (Wildman–Crippen MR) is 106 cm³/mol. The van der Waals surface area contributed by atoms with E-state index in [9.17, 15) is 4.79 Å². The molecule has 1 saturated carbocycles. The Bertz CT molecular complexity index is 1010. The Kier molecular flexibility index (Phi) is 4.07. The molecule has 2 aliphatic rings. The van der Waals surface area contributed by atoms with Crippen molar-refractivity contribution in [1.82, 2.24) is 15.1 Å². The second-order valence-corrected chi connectivity index (χ2v) is 7.36. The first-order valence-corrected chi connectivity index (χ1v) is 9.63. The van der Waals surface area contributed by atoms with Crippen LogP contribution in [0.25, 0.3) is 22.7 Å². The van der Waals surface area contributed by atoms with Crippen molar-refractivity contribution in [1.29, 1.82) is 0 Å². The number of anilines is 2. The van der Waals surface area contributed by atoms with Crippen LogP contribution in [0.15, 0.2) is 47.2 Å². The molecule has 1 amide bonds. The zero-order valence-electron chi connectivity index (χ0n) is 15.7. The molecule has 0 radical (unpaired) electrons. The van der Waals surface area contributed by atoms with Crippen molar-refractivity contribution in [3.63, 3.8) is 0 Å². The van der Waals surface area contributed by atoms with Crippen molar-refractivity contribution in [2.24, 2.45) is 0 Å². The molecule has 0 atom stereocenters. The summed E-state index contributed by atoms with van der Waals surface area (Å²) >= 11 is 0. The van der Waals surface area contributed by atoms with Crippen molar-refractivity contribution in [2.75, 3.05) is 23.4 Å². The van der Waals surface area contributed by atoms with Crippen LogP contribution in [-0.2, 0) is 4.79 Å². The summed E-state index contributed by atoms with van der Waals surface area (Å²) in [6.45, 7) is 0.361. The lowest BCUT2D eigenvalue weighted by Gasteiger charge is -2.37. The second-order valence-electron chi connectivity index (χ2n) is 7.36. The van der Waals surface area contributed by atoms with Crippen LogP contribution >= 0.6 is 0 Å². The van der Waals surface area contributed by atoms with E-state index in [0.29, 0.717) is 24.2 Å². The van der Waals surface area contributed by atoms with Crippen molar-refractivity contribution in [3.05, 3.63) is 42.7 Å². The molecule has 1 aliphatic carbocycles. The monoisotopic (exact) mass is 375 g/mol. The molecular weight excluding hydrogens is 354 g/mol. The molecule has 0 spiro atoms. The Balaban J connectivity index is 1.60. The molecule has 7 heteroatoms. The molecule has 3 aromatic rings. The number of hydrogen-bond acceptors (Lipinski definition) is 6. The van der Waals surface area contributed by atoms with Crippen molar-refractivity contribution in [2.45, 2.75) is 31.7 Å². The summed E-state index contributed by atoms with van der Waals surface area (Å²) in [4.78, 5) is 25.7. The Morgan fingerprint density at radius 2 is 1.89 bits per heavy atom. The van der Waals surface area contributed by atoms with Gasteiger partial charge in [0.05, 0.1) is 24.5 Å². The van der Waals surface area contributed by atoms with Crippen molar-refractivity contribution in [3.8, 4) is 22.7 Å². The normalized spacial score (nSPS) is 17.2. The number of carbonyl (C=O) groups excluding carboxylic acids is 1. The van der Waals surface area contributed by atoms with E-state index in [-0.39, 0.29) is 5.91 Å². The van der Waals surface area contributed by atoms with Gasteiger partial charge in [0.15, 0.2) is 17.4 Å². The Labute approximate surface area is 163 Å². The van der Waals surface area contributed by atoms with Crippen LogP contribution < -0.4 is 9.80 Å². The van der Waals surface area contributed by atoms with E-state index >= 15 is 0 Å². The SMILES string of the molecule is CN1C(=O)CN(C2CCCC2)c2nc(-c3cnoc3-c3ccccc3)ncc21. The van der Waals surface area contributed by atoms with E-state index in [2.05, 4.69) is 15.0 Å². The van der Waals surface area contributed by atoms with Crippen molar-refractivity contribution >= 4 is 17.4 Å². The van der Waals surface area contributed by atoms with Gasteiger partial charge in [0.1, 0.15) is 5.69 Å². The van der Waals surface area contributed by atoms with Crippen LogP contribution in [-0.4, -0.2) is 40.7 Å². The maximum absolute atomic E-state index is 12.5. The molecule has 3 heterocycles. The quantitative estimate of drug-likeness (QED) is 0.697. The molecule has 1 aliphatic heterocycles. The number of fused-ring (bicyclic) bond motifs is 1. The third-order valence-electron chi connectivity index (χ3n) is 5.68. The average molecular weight is 375 g/mol. The highest BCUT2D eigenvalue weighted by molar-refractivity contribution is 6.02. The fourth-order valence-corrected chi connectivity index (χ4v) is 4.12. The van der Waals surface area contributed by atoms with E-state index in [1.165, 1.54) is 12.8 Å². The number of amides is 1. The molecule has 5 rings (SSSR count). The Morgan fingerprint density at radius 1 is 1.11 bits per heavy atom. The zero-order chi connectivity index (χ0) is 19.1. The number of aromatic nitrogens is 3. The van der Waals surface area contributed by atoms with E-state index in [4.69, 9.17) is 9.51 Å². The highest BCUT2D eigenvalue weighted by Gasteiger charge is 2.34. The largest absolute Gasteiger partial charge is 0.356 e. The Hall–Kier alpha value is -3.22. The summed E-state index contributed by atoms with van der Waals surface area (Å²) in [7, 11) is 1.78. The molecule has 0 N–H and O–H groups in total. The molecule has 28 heavy (non-hydrogen) atoms. The lowest BCUT2D eigenvalue weighted by Crippen LogP contribution is -2.48. The van der Waals surface area contributed by atoms with Crippen LogP contribution in [0.1, 0.15) is 25.7 Å². The third kappa shape index (κ3) is 2.74. The van der Waals surface area contributed by atoms with Crippen LogP contribution in [0.3, 0.4) is 0 Å². The highest BCUT2D eigenvalue weighted by Crippen LogP contribution is 2.38. The fraction of sp³-hybridized carbons (Fsp3) is 0.333. The van der Waals surface area contributed by atoms with Gasteiger partial charge >= 0.3 is 0 Å². The lowest BCUT2D eigenvalue weighted by molar-refractivity contribution is -0.117. The topological polar surface area (TPSA) is 75.4 Å². The Morgan fingerprint density at radius 3 is 2.68 bits per heavy atom. The van der Waals surface area contributed by atoms with E-state index in [1.807, 2.05) is 30.3 Å². The third-order valence-corrected chi connectivity index (χ3v) is 5.68. The number of carbonyl (C=O) groups is 1. The summed E-state index contributed by atoms with van der Waals surface area (Å²) in [5.74, 6) is 2.10. The maximum atomic E-state index is 12.5. The molecule has 1 aromatic carbocycles. The van der Waals surface area contributed by atoms with Crippen molar-refractivity contribution < 1.29 is 9.32 Å². The average Bonchev–Trinajstić information content (AvgIpc) is 3.43. The first-order chi connectivity index (χ1) is 13.7. The first kappa shape index (κ1) is 16.9. The number of hydrogen-bond donors (Lipinski definition) is 0. The molecule has 142 valence electrons. The van der Waals surface area contributed by atoms with Gasteiger partial charge in [-0.2, -0.15) is 0 Å². The van der Waals surface area contributed by atoms with Gasteiger partial charge in [-0.1, -0.05) is 48.3 Å². The molecular formula is C21H21N5O2. The number of nitrogens with zero attached hydrogens (tertiary/aromatic N) is 5. The zero-order valence-corrected chi connectivity index (χ0v) is 15.7. The summed E-state index contributed by atoms with van der Waals surface area (Å²) in [5, 5.41) is 3.98. The van der Waals surface area contributed by atoms with Gasteiger partial charge in [0.2, 0.25) is 5.91 Å². The summed E-state index contributed by atoms with van der Waals surface area (Å²) < 4.78 is 5.51. The van der Waals surface area contributed by atoms with Gasteiger partial charge in [-0.25, -0.2) is 9.97 Å². The van der Waals surface area contributed by atoms with Crippen LogP contribution in [0.2, 0.25) is 0 Å². The minimum atomic E-state index is 0.0747. The van der Waals surface area contributed by atoms with Gasteiger partial charge in [0, 0.05) is 18.7 Å². The number of benzene rings is 1. The first-order valence-electron chi connectivity index (χ1n) is 9.63. The van der Waals surface area contributed by atoms with Crippen LogP contribution in [0.4, 0.5) is 11.5 Å².